The Morgan fingerprint density at radius 1 is 1.30 bits per heavy atom. The summed E-state index contributed by atoms with van der Waals surface area (Å²) in [5, 5.41) is 12.2. The molecule has 2 heteroatoms. The molecule has 0 aromatic carbocycles. The highest BCUT2D eigenvalue weighted by molar-refractivity contribution is 4.80. The van der Waals surface area contributed by atoms with Crippen LogP contribution >= 0.6 is 0 Å². The first-order chi connectivity index (χ1) is 4.84. The summed E-state index contributed by atoms with van der Waals surface area (Å²) in [5.74, 6) is 0. The van der Waals surface area contributed by atoms with E-state index in [1.165, 1.54) is 6.42 Å². The molecule has 2 N–H and O–H groups in total. The molecule has 0 bridgehead atoms. The molecule has 0 spiro atoms. The monoisotopic (exact) mass is 145 g/mol. The van der Waals surface area contributed by atoms with Gasteiger partial charge in [-0.2, -0.15) is 0 Å². The van der Waals surface area contributed by atoms with Crippen LogP contribution in [0.2, 0.25) is 0 Å². The predicted octanol–water partition coefficient (Wildman–Crippen LogP) is 1.15. The minimum atomic E-state index is -0.0833. The summed E-state index contributed by atoms with van der Waals surface area (Å²) in [6.45, 7) is 4.00. The van der Waals surface area contributed by atoms with Crippen molar-refractivity contribution < 1.29 is 5.11 Å². The summed E-state index contributed by atoms with van der Waals surface area (Å²) in [4.78, 5) is 0. The molecule has 0 heterocycles. The number of aliphatic hydroxyl groups is 1. The van der Waals surface area contributed by atoms with Crippen LogP contribution in [0.1, 0.15) is 33.1 Å². The van der Waals surface area contributed by atoms with Crippen LogP contribution in [0.4, 0.5) is 0 Å². The Balaban J connectivity index is 0.000000371. The minimum Gasteiger partial charge on any atom is -0.392 e. The molecule has 0 saturated heterocycles. The molecule has 2 atom stereocenters. The molecule has 1 fully saturated rings. The van der Waals surface area contributed by atoms with Crippen LogP contribution in [0.25, 0.3) is 0 Å². The molecule has 1 rings (SSSR count). The van der Waals surface area contributed by atoms with E-state index in [4.69, 9.17) is 5.11 Å². The van der Waals surface area contributed by atoms with E-state index in [1.807, 2.05) is 20.9 Å². The van der Waals surface area contributed by atoms with Crippen LogP contribution < -0.4 is 5.32 Å². The molecule has 2 nitrogen and oxygen atoms in total. The average Bonchev–Trinajstić information content (AvgIpc) is 2.39. The van der Waals surface area contributed by atoms with Gasteiger partial charge < -0.3 is 10.4 Å². The van der Waals surface area contributed by atoms with Crippen LogP contribution in [0.15, 0.2) is 0 Å². The molecule has 1 saturated carbocycles. The number of hydrogen-bond acceptors (Lipinski definition) is 2. The third kappa shape index (κ3) is 2.67. The molecular formula is C8H19NO. The molecule has 1 aliphatic rings. The maximum atomic E-state index is 9.13. The zero-order valence-electron chi connectivity index (χ0n) is 7.22. The predicted molar refractivity (Wildman–Crippen MR) is 44.1 cm³/mol. The van der Waals surface area contributed by atoms with E-state index in [2.05, 4.69) is 5.32 Å². The second-order valence-electron chi connectivity index (χ2n) is 2.39. The normalized spacial score (nSPS) is 31.2. The summed E-state index contributed by atoms with van der Waals surface area (Å²) < 4.78 is 0. The van der Waals surface area contributed by atoms with Crippen LogP contribution in [-0.4, -0.2) is 24.3 Å². The first-order valence-electron chi connectivity index (χ1n) is 4.20. The smallest absolute Gasteiger partial charge is 0.0693 e. The average molecular weight is 145 g/mol. The van der Waals surface area contributed by atoms with Gasteiger partial charge in [0.25, 0.3) is 0 Å². The lowest BCUT2D eigenvalue weighted by Crippen LogP contribution is -2.32. The lowest BCUT2D eigenvalue weighted by atomic mass is 10.2. The van der Waals surface area contributed by atoms with Gasteiger partial charge in [-0.1, -0.05) is 13.8 Å². The Labute approximate surface area is 63.6 Å². The van der Waals surface area contributed by atoms with E-state index in [-0.39, 0.29) is 6.10 Å². The van der Waals surface area contributed by atoms with Crippen LogP contribution in [-0.2, 0) is 0 Å². The maximum absolute atomic E-state index is 9.13. The van der Waals surface area contributed by atoms with Crippen molar-refractivity contribution >= 4 is 0 Å². The highest BCUT2D eigenvalue weighted by Gasteiger charge is 2.22. The van der Waals surface area contributed by atoms with Gasteiger partial charge in [0, 0.05) is 6.04 Å². The van der Waals surface area contributed by atoms with Crippen molar-refractivity contribution in [2.24, 2.45) is 0 Å². The Morgan fingerprint density at radius 3 is 2.10 bits per heavy atom. The minimum absolute atomic E-state index is 0.0833. The van der Waals surface area contributed by atoms with Gasteiger partial charge in [-0.3, -0.25) is 0 Å². The van der Waals surface area contributed by atoms with Crippen LogP contribution in [0.3, 0.4) is 0 Å². The maximum Gasteiger partial charge on any atom is 0.0693 e. The Morgan fingerprint density at radius 2 is 1.90 bits per heavy atom. The number of nitrogens with one attached hydrogen (secondary N) is 1. The summed E-state index contributed by atoms with van der Waals surface area (Å²) >= 11 is 0. The largest absolute Gasteiger partial charge is 0.392 e. The third-order valence-corrected chi connectivity index (χ3v) is 1.85. The van der Waals surface area contributed by atoms with Gasteiger partial charge in [-0.15, -0.1) is 0 Å². The molecular weight excluding hydrogens is 126 g/mol. The Hall–Kier alpha value is -0.0800. The van der Waals surface area contributed by atoms with Crippen molar-refractivity contribution in [1.82, 2.24) is 5.32 Å². The molecule has 10 heavy (non-hydrogen) atoms. The van der Waals surface area contributed by atoms with Crippen LogP contribution in [0.5, 0.6) is 0 Å². The number of aliphatic hydroxyl groups excluding tert-OH is 1. The van der Waals surface area contributed by atoms with Gasteiger partial charge in [0.1, 0.15) is 0 Å². The molecule has 0 radical (unpaired) electrons. The second kappa shape index (κ2) is 5.69. The quantitative estimate of drug-likeness (QED) is 0.580. The molecule has 2 unspecified atom stereocenters. The van der Waals surface area contributed by atoms with Gasteiger partial charge in [0.05, 0.1) is 6.10 Å². The summed E-state index contributed by atoms with van der Waals surface area (Å²) in [7, 11) is 1.90. The fourth-order valence-corrected chi connectivity index (χ4v) is 1.28. The Kier molecular flexibility index (Phi) is 5.64. The number of likely N-dealkylation sites (N-methyl/N-ethyl adjacent to an activating group) is 1. The van der Waals surface area contributed by atoms with Crippen molar-refractivity contribution in [2.45, 2.75) is 45.3 Å². The lowest BCUT2D eigenvalue weighted by Gasteiger charge is -2.11. The van der Waals surface area contributed by atoms with Gasteiger partial charge in [0.15, 0.2) is 0 Å². The highest BCUT2D eigenvalue weighted by Crippen LogP contribution is 2.17. The van der Waals surface area contributed by atoms with Crippen molar-refractivity contribution in [3.63, 3.8) is 0 Å². The van der Waals surface area contributed by atoms with E-state index in [0.717, 1.165) is 12.8 Å². The van der Waals surface area contributed by atoms with E-state index in [9.17, 15) is 0 Å². The lowest BCUT2D eigenvalue weighted by molar-refractivity contribution is 0.153. The molecule has 0 amide bonds. The summed E-state index contributed by atoms with van der Waals surface area (Å²) in [6.07, 6.45) is 3.20. The van der Waals surface area contributed by atoms with Crippen molar-refractivity contribution in [1.29, 1.82) is 0 Å². The van der Waals surface area contributed by atoms with E-state index in [0.29, 0.717) is 6.04 Å². The second-order valence-corrected chi connectivity index (χ2v) is 2.39. The fourth-order valence-electron chi connectivity index (χ4n) is 1.28. The van der Waals surface area contributed by atoms with Crippen molar-refractivity contribution in [2.75, 3.05) is 7.05 Å². The van der Waals surface area contributed by atoms with Crippen molar-refractivity contribution in [3.05, 3.63) is 0 Å². The zero-order valence-corrected chi connectivity index (χ0v) is 7.22. The third-order valence-electron chi connectivity index (χ3n) is 1.85. The van der Waals surface area contributed by atoms with Crippen molar-refractivity contribution in [3.8, 4) is 0 Å². The van der Waals surface area contributed by atoms with Crippen LogP contribution in [0, 0.1) is 0 Å². The molecule has 62 valence electrons. The fraction of sp³-hybridized carbons (Fsp3) is 1.00. The standard InChI is InChI=1S/C6H13NO.C2H6/c1-7-5-3-2-4-6(5)8;1-2/h5-8H,2-4H2,1H3;1-2H3. The summed E-state index contributed by atoms with van der Waals surface area (Å²) in [5.41, 5.74) is 0. The number of rotatable bonds is 1. The molecule has 0 aromatic heterocycles. The van der Waals surface area contributed by atoms with Gasteiger partial charge >= 0.3 is 0 Å². The van der Waals surface area contributed by atoms with Gasteiger partial charge in [-0.05, 0) is 26.3 Å². The zero-order chi connectivity index (χ0) is 7.98. The highest BCUT2D eigenvalue weighted by atomic mass is 16.3. The first kappa shape index (κ1) is 9.92. The molecule has 0 aromatic rings. The SMILES string of the molecule is CC.CNC1CCCC1O. The summed E-state index contributed by atoms with van der Waals surface area (Å²) in [6, 6.07) is 0.370. The Bertz CT molecular complexity index is 75.7. The van der Waals surface area contributed by atoms with E-state index in [1.54, 1.807) is 0 Å². The van der Waals surface area contributed by atoms with Gasteiger partial charge in [0.2, 0.25) is 0 Å². The topological polar surface area (TPSA) is 32.3 Å². The molecule has 0 aliphatic heterocycles. The van der Waals surface area contributed by atoms with E-state index < -0.39 is 0 Å². The van der Waals surface area contributed by atoms with E-state index >= 15 is 0 Å². The number of hydrogen-bond donors (Lipinski definition) is 2. The first-order valence-corrected chi connectivity index (χ1v) is 4.20. The van der Waals surface area contributed by atoms with Gasteiger partial charge in [-0.25, -0.2) is 0 Å². The molecule has 1 aliphatic carbocycles.